The van der Waals surface area contributed by atoms with E-state index in [1.807, 2.05) is 12.1 Å². The van der Waals surface area contributed by atoms with Gasteiger partial charge in [-0.15, -0.1) is 0 Å². The van der Waals surface area contributed by atoms with Gasteiger partial charge in [0.05, 0.1) is 11.6 Å². The molecule has 5 nitrogen and oxygen atoms in total. The summed E-state index contributed by atoms with van der Waals surface area (Å²) >= 11 is 0. The molecule has 2 N–H and O–H groups in total. The molecule has 1 aromatic carbocycles. The van der Waals surface area contributed by atoms with Crippen molar-refractivity contribution in [2.45, 2.75) is 38.1 Å². The van der Waals surface area contributed by atoms with Gasteiger partial charge in [-0.05, 0) is 43.2 Å². The number of carbonyl (C=O) groups is 1. The lowest BCUT2D eigenvalue weighted by Crippen LogP contribution is -2.36. The molecule has 122 valence electrons. The van der Waals surface area contributed by atoms with Crippen molar-refractivity contribution >= 4 is 17.3 Å². The predicted molar refractivity (Wildman–Crippen MR) is 93.0 cm³/mol. The van der Waals surface area contributed by atoms with Gasteiger partial charge in [-0.3, -0.25) is 9.78 Å². The number of nitrogens with one attached hydrogen (secondary N) is 2. The first-order chi connectivity index (χ1) is 11.7. The Labute approximate surface area is 141 Å². The summed E-state index contributed by atoms with van der Waals surface area (Å²) in [7, 11) is 0. The first-order valence-electron chi connectivity index (χ1n) is 8.29. The maximum Gasteiger partial charge on any atom is 0.270 e. The van der Waals surface area contributed by atoms with Crippen molar-refractivity contribution in [1.29, 1.82) is 5.26 Å². The number of nitrogens with zero attached hydrogens (tertiary/aromatic N) is 2. The summed E-state index contributed by atoms with van der Waals surface area (Å²) in [6.07, 6.45) is 7.32. The lowest BCUT2D eigenvalue weighted by atomic mass is 9.95. The summed E-state index contributed by atoms with van der Waals surface area (Å²) in [5.41, 5.74) is 2.57. The van der Waals surface area contributed by atoms with Crippen LogP contribution in [0.3, 0.4) is 0 Å². The van der Waals surface area contributed by atoms with Crippen LogP contribution in [-0.2, 0) is 0 Å². The molecule has 1 heterocycles. The lowest BCUT2D eigenvalue weighted by molar-refractivity contribution is 0.0922. The molecular formula is C19H20N4O. The lowest BCUT2D eigenvalue weighted by Gasteiger charge is -2.22. The number of pyridine rings is 1. The summed E-state index contributed by atoms with van der Waals surface area (Å²) in [5, 5.41) is 15.2. The van der Waals surface area contributed by atoms with Gasteiger partial charge < -0.3 is 10.6 Å². The zero-order chi connectivity index (χ0) is 16.8. The topological polar surface area (TPSA) is 77.8 Å². The van der Waals surface area contributed by atoms with Crippen molar-refractivity contribution in [3.8, 4) is 6.07 Å². The molecular weight excluding hydrogens is 300 g/mol. The van der Waals surface area contributed by atoms with Crippen LogP contribution in [0, 0.1) is 11.3 Å². The van der Waals surface area contributed by atoms with Crippen molar-refractivity contribution in [1.82, 2.24) is 10.3 Å². The fourth-order valence-corrected chi connectivity index (χ4v) is 2.97. The molecule has 5 heteroatoms. The highest BCUT2D eigenvalue weighted by molar-refractivity contribution is 5.93. The second kappa shape index (κ2) is 7.60. The molecule has 1 saturated carbocycles. The Morgan fingerprint density at radius 3 is 2.71 bits per heavy atom. The second-order valence-electron chi connectivity index (χ2n) is 6.06. The third-order valence-corrected chi connectivity index (χ3v) is 4.21. The van der Waals surface area contributed by atoms with Crippen molar-refractivity contribution in [3.05, 3.63) is 53.9 Å². The van der Waals surface area contributed by atoms with E-state index in [0.717, 1.165) is 24.2 Å². The standard InChI is InChI=1S/C19H20N4O/c20-13-14-5-4-8-16(11-14)22-17-9-10-21-18(12-17)19(24)23-15-6-2-1-3-7-15/h4-5,8-12,15H,1-3,6-7H2,(H,21,22)(H,23,24). The highest BCUT2D eigenvalue weighted by atomic mass is 16.1. The molecule has 1 aliphatic carbocycles. The Morgan fingerprint density at radius 1 is 1.12 bits per heavy atom. The van der Waals surface area contributed by atoms with Crippen LogP contribution < -0.4 is 10.6 Å². The van der Waals surface area contributed by atoms with Crippen LogP contribution in [0.15, 0.2) is 42.6 Å². The van der Waals surface area contributed by atoms with E-state index in [1.165, 1.54) is 19.3 Å². The van der Waals surface area contributed by atoms with Gasteiger partial charge in [0.1, 0.15) is 5.69 Å². The van der Waals surface area contributed by atoms with Crippen molar-refractivity contribution < 1.29 is 4.79 Å². The van der Waals surface area contributed by atoms with Gasteiger partial charge in [0.15, 0.2) is 0 Å². The number of hydrogen-bond donors (Lipinski definition) is 2. The number of aromatic nitrogens is 1. The zero-order valence-electron chi connectivity index (χ0n) is 13.5. The summed E-state index contributed by atoms with van der Waals surface area (Å²) in [6.45, 7) is 0. The first-order valence-corrected chi connectivity index (χ1v) is 8.29. The minimum atomic E-state index is -0.128. The van der Waals surface area contributed by atoms with Crippen molar-refractivity contribution in [3.63, 3.8) is 0 Å². The van der Waals surface area contributed by atoms with E-state index in [9.17, 15) is 4.79 Å². The first kappa shape index (κ1) is 16.0. The van der Waals surface area contributed by atoms with E-state index in [4.69, 9.17) is 5.26 Å². The Morgan fingerprint density at radius 2 is 1.92 bits per heavy atom. The van der Waals surface area contributed by atoms with Gasteiger partial charge in [0.25, 0.3) is 5.91 Å². The monoisotopic (exact) mass is 320 g/mol. The van der Waals surface area contributed by atoms with E-state index in [0.29, 0.717) is 11.3 Å². The molecule has 0 atom stereocenters. The zero-order valence-corrected chi connectivity index (χ0v) is 13.5. The molecule has 1 amide bonds. The van der Waals surface area contributed by atoms with E-state index < -0.39 is 0 Å². The van der Waals surface area contributed by atoms with Crippen LogP contribution in [0.2, 0.25) is 0 Å². The van der Waals surface area contributed by atoms with Gasteiger partial charge in [0, 0.05) is 23.6 Å². The van der Waals surface area contributed by atoms with Crippen LogP contribution in [0.1, 0.15) is 48.2 Å². The largest absolute Gasteiger partial charge is 0.355 e. The maximum atomic E-state index is 12.4. The minimum Gasteiger partial charge on any atom is -0.355 e. The number of hydrogen-bond acceptors (Lipinski definition) is 4. The molecule has 0 unspecified atom stereocenters. The van der Waals surface area contributed by atoms with E-state index in [-0.39, 0.29) is 11.9 Å². The third-order valence-electron chi connectivity index (χ3n) is 4.21. The molecule has 0 bridgehead atoms. The fourth-order valence-electron chi connectivity index (χ4n) is 2.97. The second-order valence-corrected chi connectivity index (χ2v) is 6.06. The number of amides is 1. The molecule has 24 heavy (non-hydrogen) atoms. The van der Waals surface area contributed by atoms with Gasteiger partial charge >= 0.3 is 0 Å². The summed E-state index contributed by atoms with van der Waals surface area (Å²) < 4.78 is 0. The maximum absolute atomic E-state index is 12.4. The number of rotatable bonds is 4. The highest BCUT2D eigenvalue weighted by Gasteiger charge is 2.17. The summed E-state index contributed by atoms with van der Waals surface area (Å²) in [4.78, 5) is 16.5. The average molecular weight is 320 g/mol. The molecule has 0 aliphatic heterocycles. The van der Waals surface area contributed by atoms with Gasteiger partial charge in [-0.1, -0.05) is 25.3 Å². The van der Waals surface area contributed by atoms with Crippen LogP contribution in [0.5, 0.6) is 0 Å². The van der Waals surface area contributed by atoms with Crippen LogP contribution >= 0.6 is 0 Å². The van der Waals surface area contributed by atoms with E-state index in [1.54, 1.807) is 30.5 Å². The van der Waals surface area contributed by atoms with Crippen LogP contribution in [-0.4, -0.2) is 16.9 Å². The fraction of sp³-hybridized carbons (Fsp3) is 0.316. The highest BCUT2D eigenvalue weighted by Crippen LogP contribution is 2.20. The van der Waals surface area contributed by atoms with E-state index in [2.05, 4.69) is 21.7 Å². The predicted octanol–water partition coefficient (Wildman–Crippen LogP) is 3.76. The molecule has 1 fully saturated rings. The molecule has 0 spiro atoms. The van der Waals surface area contributed by atoms with E-state index >= 15 is 0 Å². The normalized spacial score (nSPS) is 14.6. The summed E-state index contributed by atoms with van der Waals surface area (Å²) in [5.74, 6) is -0.128. The Hall–Kier alpha value is -2.87. The van der Waals surface area contributed by atoms with Gasteiger partial charge in [-0.25, -0.2) is 0 Å². The summed E-state index contributed by atoms with van der Waals surface area (Å²) in [6, 6.07) is 13.1. The molecule has 3 rings (SSSR count). The average Bonchev–Trinajstić information content (AvgIpc) is 2.63. The minimum absolute atomic E-state index is 0.128. The SMILES string of the molecule is N#Cc1cccc(Nc2ccnc(C(=O)NC3CCCCC3)c2)c1. The molecule has 1 aromatic heterocycles. The van der Waals surface area contributed by atoms with Gasteiger partial charge in [0.2, 0.25) is 0 Å². The number of nitriles is 1. The Kier molecular flexibility index (Phi) is 5.07. The van der Waals surface area contributed by atoms with Crippen LogP contribution in [0.25, 0.3) is 0 Å². The van der Waals surface area contributed by atoms with Crippen LogP contribution in [0.4, 0.5) is 11.4 Å². The molecule has 0 radical (unpaired) electrons. The number of benzene rings is 1. The Balaban J connectivity index is 1.69. The third kappa shape index (κ3) is 4.11. The van der Waals surface area contributed by atoms with Gasteiger partial charge in [-0.2, -0.15) is 5.26 Å². The quantitative estimate of drug-likeness (QED) is 0.899. The Bertz CT molecular complexity index is 760. The van der Waals surface area contributed by atoms with Crippen molar-refractivity contribution in [2.24, 2.45) is 0 Å². The number of anilines is 2. The molecule has 1 aliphatic rings. The molecule has 0 saturated heterocycles. The smallest absolute Gasteiger partial charge is 0.270 e. The van der Waals surface area contributed by atoms with Crippen molar-refractivity contribution in [2.75, 3.05) is 5.32 Å². The number of carbonyl (C=O) groups excluding carboxylic acids is 1. The molecule has 2 aromatic rings.